The van der Waals surface area contributed by atoms with Crippen molar-refractivity contribution in [1.82, 2.24) is 24.9 Å². The quantitative estimate of drug-likeness (QED) is 0.268. The number of aliphatic hydroxyl groups excluding tert-OH is 1. The Hall–Kier alpha value is -3.48. The zero-order valence-corrected chi connectivity index (χ0v) is 20.3. The third kappa shape index (κ3) is 3.93. The number of fused-ring (bicyclic) bond motifs is 1. The molecule has 12 heteroatoms. The number of amides is 1. The smallest absolute Gasteiger partial charge is 0.241 e. The Balaban J connectivity index is 1.59. The SMILES string of the molecule is CCOC(O)C1(C)C(=O)Nc2nc(-c3cc(-c4ccon4)n(Cc4ccccc4F)n3)nc(Br)c21. The molecule has 0 aliphatic carbocycles. The Morgan fingerprint density at radius 2 is 2.09 bits per heavy atom. The Morgan fingerprint density at radius 1 is 1.29 bits per heavy atom. The van der Waals surface area contributed by atoms with Crippen LogP contribution in [0.1, 0.15) is 25.0 Å². The zero-order valence-electron chi connectivity index (χ0n) is 18.7. The number of carbonyl (C=O) groups is 1. The fourth-order valence-electron chi connectivity index (χ4n) is 4.00. The van der Waals surface area contributed by atoms with Crippen molar-refractivity contribution in [3.8, 4) is 22.9 Å². The van der Waals surface area contributed by atoms with E-state index in [9.17, 15) is 14.3 Å². The van der Waals surface area contributed by atoms with Gasteiger partial charge >= 0.3 is 0 Å². The van der Waals surface area contributed by atoms with Crippen molar-refractivity contribution in [2.24, 2.45) is 0 Å². The van der Waals surface area contributed by atoms with Gasteiger partial charge in [0.05, 0.1) is 12.2 Å². The first kappa shape index (κ1) is 23.3. The molecule has 0 bridgehead atoms. The first-order valence-corrected chi connectivity index (χ1v) is 11.5. The Morgan fingerprint density at radius 3 is 2.80 bits per heavy atom. The highest BCUT2D eigenvalue weighted by atomic mass is 79.9. The van der Waals surface area contributed by atoms with Crippen LogP contribution in [-0.2, 0) is 21.5 Å². The van der Waals surface area contributed by atoms with Gasteiger partial charge in [-0.1, -0.05) is 23.4 Å². The van der Waals surface area contributed by atoms with Crippen molar-refractivity contribution in [1.29, 1.82) is 0 Å². The number of nitrogens with one attached hydrogen (secondary N) is 1. The van der Waals surface area contributed by atoms with Crippen LogP contribution < -0.4 is 5.32 Å². The van der Waals surface area contributed by atoms with E-state index in [2.05, 4.69) is 41.5 Å². The van der Waals surface area contributed by atoms with Crippen molar-refractivity contribution in [2.45, 2.75) is 32.1 Å². The standard InChI is InChI=1S/C23H20BrFN6O4/c1-3-34-22(33)23(2)17-18(24)26-19(27-20(17)28-21(23)32)15-10-16(14-8-9-35-30-14)31(29-15)11-12-6-4-5-7-13(12)25/h4-10,22,33H,3,11H2,1-2H3,(H,26,27,28,32). The number of benzene rings is 1. The van der Waals surface area contributed by atoms with E-state index in [0.717, 1.165) is 0 Å². The van der Waals surface area contributed by atoms with Gasteiger partial charge in [0.2, 0.25) is 5.91 Å². The molecule has 0 fully saturated rings. The van der Waals surface area contributed by atoms with E-state index < -0.39 is 17.6 Å². The van der Waals surface area contributed by atoms with E-state index in [-0.39, 0.29) is 30.6 Å². The molecule has 5 rings (SSSR count). The largest absolute Gasteiger partial charge is 0.367 e. The average Bonchev–Trinajstić information content (AvgIpc) is 3.55. The third-order valence-electron chi connectivity index (χ3n) is 5.89. The molecule has 3 aromatic heterocycles. The number of rotatable bonds is 7. The van der Waals surface area contributed by atoms with Crippen LogP contribution in [0.2, 0.25) is 0 Å². The molecule has 1 aromatic carbocycles. The van der Waals surface area contributed by atoms with E-state index in [1.165, 1.54) is 12.3 Å². The Labute approximate surface area is 207 Å². The highest BCUT2D eigenvalue weighted by Gasteiger charge is 2.52. The molecule has 10 nitrogen and oxygen atoms in total. The third-order valence-corrected chi connectivity index (χ3v) is 6.47. The molecule has 1 aliphatic rings. The highest BCUT2D eigenvalue weighted by Crippen LogP contribution is 2.44. The molecule has 0 saturated heterocycles. The van der Waals surface area contributed by atoms with Crippen molar-refractivity contribution >= 4 is 27.7 Å². The summed E-state index contributed by atoms with van der Waals surface area (Å²) >= 11 is 3.42. The van der Waals surface area contributed by atoms with Crippen molar-refractivity contribution in [3.05, 3.63) is 64.2 Å². The molecule has 1 aliphatic heterocycles. The van der Waals surface area contributed by atoms with Crippen LogP contribution >= 0.6 is 15.9 Å². The van der Waals surface area contributed by atoms with Gasteiger partial charge in [-0.3, -0.25) is 9.48 Å². The van der Waals surface area contributed by atoms with Crippen LogP contribution in [0.3, 0.4) is 0 Å². The van der Waals surface area contributed by atoms with E-state index in [1.54, 1.807) is 48.9 Å². The summed E-state index contributed by atoms with van der Waals surface area (Å²) in [4.78, 5) is 21.8. The maximum atomic E-state index is 14.3. The first-order valence-electron chi connectivity index (χ1n) is 10.7. The summed E-state index contributed by atoms with van der Waals surface area (Å²) in [6.45, 7) is 3.64. The second-order valence-electron chi connectivity index (χ2n) is 8.07. The number of anilines is 1. The van der Waals surface area contributed by atoms with Crippen LogP contribution in [0.15, 0.2) is 51.8 Å². The first-order chi connectivity index (χ1) is 16.8. The molecule has 1 amide bonds. The number of hydrogen-bond donors (Lipinski definition) is 2. The Bertz CT molecular complexity index is 1410. The molecule has 0 saturated carbocycles. The summed E-state index contributed by atoms with van der Waals surface area (Å²) in [5.74, 6) is -0.376. The summed E-state index contributed by atoms with van der Waals surface area (Å²) in [5, 5.41) is 21.8. The summed E-state index contributed by atoms with van der Waals surface area (Å²) in [7, 11) is 0. The van der Waals surface area contributed by atoms with Gasteiger partial charge in [0.15, 0.2) is 12.1 Å². The fourth-order valence-corrected chi connectivity index (χ4v) is 4.76. The maximum absolute atomic E-state index is 14.3. The van der Waals surface area contributed by atoms with Crippen LogP contribution in [0.5, 0.6) is 0 Å². The van der Waals surface area contributed by atoms with Gasteiger partial charge < -0.3 is 19.7 Å². The molecule has 35 heavy (non-hydrogen) atoms. The van der Waals surface area contributed by atoms with E-state index in [1.807, 2.05) is 0 Å². The average molecular weight is 543 g/mol. The van der Waals surface area contributed by atoms with Gasteiger partial charge in [0.25, 0.3) is 0 Å². The number of ether oxygens (including phenoxy) is 1. The molecule has 2 N–H and O–H groups in total. The predicted molar refractivity (Wildman–Crippen MR) is 126 cm³/mol. The number of nitrogens with zero attached hydrogens (tertiary/aromatic N) is 5. The Kier molecular flexibility index (Phi) is 5.95. The molecule has 2 atom stereocenters. The molecule has 2 unspecified atom stereocenters. The number of hydrogen-bond acceptors (Lipinski definition) is 8. The van der Waals surface area contributed by atoms with Crippen molar-refractivity contribution in [2.75, 3.05) is 11.9 Å². The molecule has 0 radical (unpaired) electrons. The summed E-state index contributed by atoms with van der Waals surface area (Å²) < 4.78 is 26.5. The number of carbonyl (C=O) groups excluding carboxylic acids is 1. The molecular weight excluding hydrogens is 523 g/mol. The lowest BCUT2D eigenvalue weighted by Crippen LogP contribution is -2.44. The minimum Gasteiger partial charge on any atom is -0.367 e. The van der Waals surface area contributed by atoms with Gasteiger partial charge in [-0.2, -0.15) is 5.10 Å². The van der Waals surface area contributed by atoms with Crippen molar-refractivity contribution < 1.29 is 23.6 Å². The lowest BCUT2D eigenvalue weighted by molar-refractivity contribution is -0.155. The summed E-state index contributed by atoms with van der Waals surface area (Å²) in [5.41, 5.74) is 0.860. The number of halogens is 2. The molecular formula is C23H20BrFN6O4. The van der Waals surface area contributed by atoms with E-state index in [4.69, 9.17) is 9.26 Å². The summed E-state index contributed by atoms with van der Waals surface area (Å²) in [6, 6.07) is 9.79. The second kappa shape index (κ2) is 8.95. The summed E-state index contributed by atoms with van der Waals surface area (Å²) in [6.07, 6.45) is 0.0380. The topological polar surface area (TPSA) is 128 Å². The molecule has 4 heterocycles. The van der Waals surface area contributed by atoms with Gasteiger partial charge in [-0.05, 0) is 41.9 Å². The second-order valence-corrected chi connectivity index (χ2v) is 8.83. The molecule has 4 aromatic rings. The monoisotopic (exact) mass is 542 g/mol. The predicted octanol–water partition coefficient (Wildman–Crippen LogP) is 3.51. The van der Waals surface area contributed by atoms with Crippen LogP contribution in [0, 0.1) is 5.82 Å². The van der Waals surface area contributed by atoms with Gasteiger partial charge in [0, 0.05) is 23.8 Å². The van der Waals surface area contributed by atoms with Gasteiger partial charge in [-0.25, -0.2) is 14.4 Å². The fraction of sp³-hybridized carbons (Fsp3) is 0.261. The minimum atomic E-state index is -1.40. The minimum absolute atomic E-state index is 0.135. The van der Waals surface area contributed by atoms with Crippen LogP contribution in [0.4, 0.5) is 10.2 Å². The number of aromatic nitrogens is 5. The highest BCUT2D eigenvalue weighted by molar-refractivity contribution is 9.10. The number of aliphatic hydroxyl groups is 1. The molecule has 180 valence electrons. The zero-order chi connectivity index (χ0) is 24.7. The lowest BCUT2D eigenvalue weighted by Gasteiger charge is -2.27. The van der Waals surface area contributed by atoms with Crippen LogP contribution in [-0.4, -0.2) is 48.8 Å². The normalized spacial score (nSPS) is 17.9. The van der Waals surface area contributed by atoms with E-state index >= 15 is 0 Å². The van der Waals surface area contributed by atoms with Gasteiger partial charge in [0.1, 0.15) is 39.3 Å². The maximum Gasteiger partial charge on any atom is 0.241 e. The lowest BCUT2D eigenvalue weighted by atomic mass is 9.84. The van der Waals surface area contributed by atoms with Gasteiger partial charge in [-0.15, -0.1) is 0 Å². The molecule has 0 spiro atoms. The van der Waals surface area contributed by atoms with E-state index in [0.29, 0.717) is 32.8 Å². The van der Waals surface area contributed by atoms with Crippen molar-refractivity contribution in [3.63, 3.8) is 0 Å². The van der Waals surface area contributed by atoms with Crippen LogP contribution in [0.25, 0.3) is 22.9 Å².